The van der Waals surface area contributed by atoms with Gasteiger partial charge in [0.2, 0.25) is 0 Å². The summed E-state index contributed by atoms with van der Waals surface area (Å²) in [6, 6.07) is 4.84. The van der Waals surface area contributed by atoms with E-state index >= 15 is 0 Å². The quantitative estimate of drug-likeness (QED) is 0.588. The van der Waals surface area contributed by atoms with E-state index in [1.54, 1.807) is 0 Å². The van der Waals surface area contributed by atoms with E-state index in [0.29, 0.717) is 0 Å². The Hall–Kier alpha value is -1.34. The summed E-state index contributed by atoms with van der Waals surface area (Å²) in [6.07, 6.45) is 0. The second kappa shape index (κ2) is 3.58. The fraction of sp³-hybridized carbons (Fsp3) is 0. The summed E-state index contributed by atoms with van der Waals surface area (Å²) in [6.45, 7) is 0. The lowest BCUT2D eigenvalue weighted by Gasteiger charge is -1.90. The van der Waals surface area contributed by atoms with Crippen LogP contribution in [0.4, 0.5) is 10.1 Å². The first-order valence-corrected chi connectivity index (χ1v) is 4.53. The van der Waals surface area contributed by atoms with Crippen molar-refractivity contribution in [2.45, 2.75) is 0 Å². The van der Waals surface area contributed by atoms with Crippen LogP contribution in [0.5, 0.6) is 0 Å². The van der Waals surface area contributed by atoms with Gasteiger partial charge in [-0.25, -0.2) is 4.39 Å². The Balaban J connectivity index is 2.93. The van der Waals surface area contributed by atoms with Gasteiger partial charge in [0.05, 0.1) is 5.69 Å². The van der Waals surface area contributed by atoms with Gasteiger partial charge >= 0.3 is 10.3 Å². The van der Waals surface area contributed by atoms with E-state index in [1.165, 1.54) is 18.2 Å². The van der Waals surface area contributed by atoms with Crippen LogP contribution in [-0.4, -0.2) is 13.0 Å². The largest absolute Gasteiger partial charge is 0.396 e. The number of nitrogens with zero attached hydrogens (tertiary/aromatic N) is 2. The van der Waals surface area contributed by atoms with Gasteiger partial charge in [-0.2, -0.15) is 8.42 Å². The second-order valence-electron chi connectivity index (χ2n) is 2.11. The first-order valence-electron chi connectivity index (χ1n) is 3.13. The van der Waals surface area contributed by atoms with Gasteiger partial charge in [-0.15, -0.1) is 5.11 Å². The topological polar surface area (TPSA) is 79.1 Å². The molecule has 0 unspecified atom stereocenters. The molecule has 0 heterocycles. The summed E-state index contributed by atoms with van der Waals surface area (Å²) in [5.74, 6) is -0.563. The van der Waals surface area contributed by atoms with Gasteiger partial charge in [0.25, 0.3) is 0 Å². The van der Waals surface area contributed by atoms with E-state index < -0.39 is 16.1 Å². The van der Waals surface area contributed by atoms with E-state index in [-0.39, 0.29) is 5.69 Å². The summed E-state index contributed by atoms with van der Waals surface area (Å²) in [7, 11) is -4.50. The maximum atomic E-state index is 12.5. The van der Waals surface area contributed by atoms with Gasteiger partial charge in [0.15, 0.2) is 0 Å². The zero-order chi connectivity index (χ0) is 9.90. The molecule has 7 heteroatoms. The van der Waals surface area contributed by atoms with Gasteiger partial charge in [0.1, 0.15) is 5.82 Å². The van der Waals surface area contributed by atoms with Crippen LogP contribution in [0.1, 0.15) is 0 Å². The zero-order valence-corrected chi connectivity index (χ0v) is 7.07. The Kier molecular flexibility index (Phi) is 2.69. The third kappa shape index (κ3) is 3.72. The van der Waals surface area contributed by atoms with Crippen molar-refractivity contribution in [1.29, 1.82) is 0 Å². The van der Waals surface area contributed by atoms with Crippen molar-refractivity contribution in [3.05, 3.63) is 30.1 Å². The first-order chi connectivity index (χ1) is 5.97. The number of halogens is 1. The van der Waals surface area contributed by atoms with Crippen LogP contribution >= 0.6 is 0 Å². The highest BCUT2D eigenvalue weighted by Gasteiger charge is 1.98. The molecule has 5 nitrogen and oxygen atoms in total. The molecule has 0 aliphatic carbocycles. The number of rotatable bonds is 2. The average molecular weight is 204 g/mol. The van der Waals surface area contributed by atoms with Crippen molar-refractivity contribution >= 4 is 16.0 Å². The Morgan fingerprint density at radius 1 is 1.38 bits per heavy atom. The zero-order valence-electron chi connectivity index (χ0n) is 6.25. The molecule has 0 aliphatic rings. The molecule has 0 saturated heterocycles. The second-order valence-corrected chi connectivity index (χ2v) is 3.17. The molecule has 0 aromatic heterocycles. The molecule has 0 spiro atoms. The summed E-state index contributed by atoms with van der Waals surface area (Å²) in [5.41, 5.74) is 0.0117. The molecular formula is C6H5FN2O3S. The fourth-order valence-electron chi connectivity index (χ4n) is 0.637. The molecular weight excluding hydrogens is 199 g/mol. The van der Waals surface area contributed by atoms with E-state index in [2.05, 4.69) is 9.63 Å². The standard InChI is InChI=1S/C6H5FN2O3S/c7-5-2-1-3-6(4-5)8-9-13(10,11)12/h1-4H,(H,10,11,12). The number of hydrogen-bond acceptors (Lipinski definition) is 3. The number of hydrogen-bond donors (Lipinski definition) is 1. The SMILES string of the molecule is O=S(=O)(O)N=Nc1cccc(F)c1. The van der Waals surface area contributed by atoms with Crippen molar-refractivity contribution < 1.29 is 17.4 Å². The lowest BCUT2D eigenvalue weighted by atomic mass is 10.3. The highest BCUT2D eigenvalue weighted by Crippen LogP contribution is 2.13. The van der Waals surface area contributed by atoms with Gasteiger partial charge in [-0.3, -0.25) is 4.55 Å². The normalized spacial score (nSPS) is 12.2. The molecule has 70 valence electrons. The van der Waals surface area contributed by atoms with Crippen LogP contribution in [0, 0.1) is 5.82 Å². The molecule has 0 bridgehead atoms. The van der Waals surface area contributed by atoms with E-state index in [0.717, 1.165) is 6.07 Å². The Morgan fingerprint density at radius 3 is 2.62 bits per heavy atom. The number of benzene rings is 1. The highest BCUT2D eigenvalue weighted by atomic mass is 32.2. The maximum Gasteiger partial charge on any atom is 0.396 e. The monoisotopic (exact) mass is 204 g/mol. The lowest BCUT2D eigenvalue weighted by molar-refractivity contribution is 0.482. The smallest absolute Gasteiger partial charge is 0.267 e. The Bertz CT molecular complexity index is 429. The Labute approximate surface area is 73.8 Å². The van der Waals surface area contributed by atoms with Crippen LogP contribution in [0.25, 0.3) is 0 Å². The van der Waals surface area contributed by atoms with Gasteiger partial charge in [0, 0.05) is 6.07 Å². The van der Waals surface area contributed by atoms with Crippen LogP contribution in [0.2, 0.25) is 0 Å². The predicted molar refractivity (Wildman–Crippen MR) is 42.5 cm³/mol. The third-order valence-corrected chi connectivity index (χ3v) is 1.36. The van der Waals surface area contributed by atoms with Crippen molar-refractivity contribution in [2.24, 2.45) is 9.63 Å². The lowest BCUT2D eigenvalue weighted by Crippen LogP contribution is -1.87. The van der Waals surface area contributed by atoms with Crippen molar-refractivity contribution in [2.75, 3.05) is 0 Å². The minimum Gasteiger partial charge on any atom is -0.267 e. The highest BCUT2D eigenvalue weighted by molar-refractivity contribution is 7.84. The van der Waals surface area contributed by atoms with E-state index in [1.807, 2.05) is 0 Å². The van der Waals surface area contributed by atoms with Crippen LogP contribution in [0.3, 0.4) is 0 Å². The molecule has 13 heavy (non-hydrogen) atoms. The molecule has 0 amide bonds. The minimum absolute atomic E-state index is 0.0117. The van der Waals surface area contributed by atoms with Crippen molar-refractivity contribution in [3.8, 4) is 0 Å². The molecule has 1 aromatic rings. The van der Waals surface area contributed by atoms with Crippen molar-refractivity contribution in [3.63, 3.8) is 0 Å². The summed E-state index contributed by atoms with van der Waals surface area (Å²) in [4.78, 5) is 0. The molecule has 0 saturated carbocycles. The minimum atomic E-state index is -4.50. The molecule has 1 N–H and O–H groups in total. The molecule has 1 aromatic carbocycles. The van der Waals surface area contributed by atoms with Crippen LogP contribution in [0.15, 0.2) is 33.9 Å². The van der Waals surface area contributed by atoms with Gasteiger partial charge in [-0.1, -0.05) is 6.07 Å². The average Bonchev–Trinajstić information content (AvgIpc) is 2.00. The third-order valence-electron chi connectivity index (χ3n) is 1.07. The Morgan fingerprint density at radius 2 is 2.08 bits per heavy atom. The van der Waals surface area contributed by atoms with Gasteiger partial charge < -0.3 is 0 Å². The van der Waals surface area contributed by atoms with Gasteiger partial charge in [-0.05, 0) is 16.7 Å². The van der Waals surface area contributed by atoms with Crippen molar-refractivity contribution in [1.82, 2.24) is 0 Å². The molecule has 0 fully saturated rings. The van der Waals surface area contributed by atoms with Crippen LogP contribution in [-0.2, 0) is 10.3 Å². The van der Waals surface area contributed by atoms with E-state index in [4.69, 9.17) is 4.55 Å². The van der Waals surface area contributed by atoms with E-state index in [9.17, 15) is 12.8 Å². The molecule has 0 aliphatic heterocycles. The summed E-state index contributed by atoms with van der Waals surface area (Å²) >= 11 is 0. The molecule has 0 atom stereocenters. The molecule has 0 radical (unpaired) electrons. The van der Waals surface area contributed by atoms with Crippen LogP contribution < -0.4 is 0 Å². The molecule has 1 rings (SSSR count). The first kappa shape index (κ1) is 9.75. The summed E-state index contributed by atoms with van der Waals surface area (Å²) in [5, 5.41) is 3.09. The summed E-state index contributed by atoms with van der Waals surface area (Å²) < 4.78 is 43.4. The predicted octanol–water partition coefficient (Wildman–Crippen LogP) is 1.71. The fourth-order valence-corrected chi connectivity index (χ4v) is 0.835. The maximum absolute atomic E-state index is 12.5.